The molecule has 0 radical (unpaired) electrons. The summed E-state index contributed by atoms with van der Waals surface area (Å²) in [5.41, 5.74) is 6.19. The third-order valence-electron chi connectivity index (χ3n) is 4.36. The molecule has 0 saturated carbocycles. The molecule has 116 valence electrons. The molecule has 2 aromatic rings. The van der Waals surface area contributed by atoms with Crippen LogP contribution in [0.5, 0.6) is 0 Å². The first-order chi connectivity index (χ1) is 9.96. The molecule has 0 aliphatic heterocycles. The van der Waals surface area contributed by atoms with Crippen LogP contribution in [0.15, 0.2) is 6.07 Å². The Balaban J connectivity index is 2.14. The molecule has 0 aliphatic carbocycles. The van der Waals surface area contributed by atoms with Gasteiger partial charge in [-0.15, -0.1) is 0 Å². The third kappa shape index (κ3) is 3.35. The summed E-state index contributed by atoms with van der Waals surface area (Å²) in [5.74, 6) is 0. The van der Waals surface area contributed by atoms with E-state index in [-0.39, 0.29) is 0 Å². The Morgan fingerprint density at radius 3 is 2.33 bits per heavy atom. The molecular formula is C16H27N5. The van der Waals surface area contributed by atoms with Gasteiger partial charge in [-0.05, 0) is 45.4 Å². The second kappa shape index (κ2) is 6.43. The Morgan fingerprint density at radius 1 is 1.14 bits per heavy atom. The van der Waals surface area contributed by atoms with E-state index in [0.717, 1.165) is 30.7 Å². The number of likely N-dealkylation sites (N-methyl/N-ethyl adjacent to an activating group) is 1. The van der Waals surface area contributed by atoms with Gasteiger partial charge in [-0.1, -0.05) is 6.92 Å². The lowest BCUT2D eigenvalue weighted by molar-refractivity contribution is 0.531. The quantitative estimate of drug-likeness (QED) is 0.880. The van der Waals surface area contributed by atoms with Crippen molar-refractivity contribution in [3.05, 3.63) is 34.4 Å². The zero-order valence-corrected chi connectivity index (χ0v) is 14.1. The summed E-state index contributed by atoms with van der Waals surface area (Å²) >= 11 is 0. The van der Waals surface area contributed by atoms with E-state index in [4.69, 9.17) is 0 Å². The standard InChI is InChI=1S/C16H27N5/c1-7-13-8-15(21(6)19-13)9-14(17-4)10-16-11(2)18-20(5)12(16)3/h8,14,17H,7,9-10H2,1-6H3. The lowest BCUT2D eigenvalue weighted by Crippen LogP contribution is -2.31. The molecule has 2 rings (SSSR count). The fraction of sp³-hybridized carbons (Fsp3) is 0.625. The molecule has 2 aromatic heterocycles. The fourth-order valence-electron chi connectivity index (χ4n) is 2.82. The molecule has 2 heterocycles. The van der Waals surface area contributed by atoms with Crippen LogP contribution in [-0.4, -0.2) is 32.7 Å². The molecule has 0 aromatic carbocycles. The average molecular weight is 289 g/mol. The van der Waals surface area contributed by atoms with Gasteiger partial charge < -0.3 is 5.32 Å². The number of aryl methyl sites for hydroxylation is 4. The van der Waals surface area contributed by atoms with E-state index in [9.17, 15) is 0 Å². The predicted molar refractivity (Wildman–Crippen MR) is 85.5 cm³/mol. The van der Waals surface area contributed by atoms with Gasteiger partial charge in [0.2, 0.25) is 0 Å². The first kappa shape index (κ1) is 15.8. The van der Waals surface area contributed by atoms with Gasteiger partial charge in [0, 0.05) is 37.9 Å². The van der Waals surface area contributed by atoms with Gasteiger partial charge in [-0.3, -0.25) is 9.36 Å². The van der Waals surface area contributed by atoms with Gasteiger partial charge in [0.05, 0.1) is 11.4 Å². The SMILES string of the molecule is CCc1cc(CC(Cc2c(C)nn(C)c2C)NC)n(C)n1. The smallest absolute Gasteiger partial charge is 0.0628 e. The largest absolute Gasteiger partial charge is 0.316 e. The van der Waals surface area contributed by atoms with Crippen LogP contribution >= 0.6 is 0 Å². The Kier molecular flexibility index (Phi) is 4.83. The lowest BCUT2D eigenvalue weighted by Gasteiger charge is -2.16. The summed E-state index contributed by atoms with van der Waals surface area (Å²) in [6, 6.07) is 2.61. The Labute approximate surface area is 127 Å². The van der Waals surface area contributed by atoms with Crippen LogP contribution in [0.2, 0.25) is 0 Å². The number of rotatable bonds is 6. The summed E-state index contributed by atoms with van der Waals surface area (Å²) in [4.78, 5) is 0. The molecular weight excluding hydrogens is 262 g/mol. The summed E-state index contributed by atoms with van der Waals surface area (Å²) < 4.78 is 3.97. The number of nitrogens with one attached hydrogen (secondary N) is 1. The van der Waals surface area contributed by atoms with Gasteiger partial charge in [0.15, 0.2) is 0 Å². The Morgan fingerprint density at radius 2 is 1.86 bits per heavy atom. The first-order valence-corrected chi connectivity index (χ1v) is 7.64. The molecule has 0 fully saturated rings. The average Bonchev–Trinajstić information content (AvgIpc) is 2.92. The van der Waals surface area contributed by atoms with Gasteiger partial charge in [-0.2, -0.15) is 10.2 Å². The van der Waals surface area contributed by atoms with E-state index in [0.29, 0.717) is 6.04 Å². The van der Waals surface area contributed by atoms with Crippen LogP contribution in [-0.2, 0) is 33.4 Å². The highest BCUT2D eigenvalue weighted by Gasteiger charge is 2.17. The van der Waals surface area contributed by atoms with E-state index in [1.165, 1.54) is 17.0 Å². The van der Waals surface area contributed by atoms with Crippen molar-refractivity contribution >= 4 is 0 Å². The van der Waals surface area contributed by atoms with Gasteiger partial charge >= 0.3 is 0 Å². The summed E-state index contributed by atoms with van der Waals surface area (Å²) in [6.45, 7) is 6.37. The van der Waals surface area contributed by atoms with Gasteiger partial charge in [-0.25, -0.2) is 0 Å². The van der Waals surface area contributed by atoms with Crippen molar-refractivity contribution in [3.63, 3.8) is 0 Å². The number of aromatic nitrogens is 4. The van der Waals surface area contributed by atoms with Crippen LogP contribution in [0, 0.1) is 13.8 Å². The minimum atomic E-state index is 0.395. The van der Waals surface area contributed by atoms with E-state index in [1.807, 2.05) is 30.5 Å². The maximum Gasteiger partial charge on any atom is 0.0628 e. The maximum absolute atomic E-state index is 4.54. The number of nitrogens with zero attached hydrogens (tertiary/aromatic N) is 4. The van der Waals surface area contributed by atoms with Crippen molar-refractivity contribution in [2.24, 2.45) is 14.1 Å². The lowest BCUT2D eigenvalue weighted by atomic mass is 10.00. The van der Waals surface area contributed by atoms with E-state index in [2.05, 4.69) is 42.4 Å². The molecule has 0 spiro atoms. The molecule has 21 heavy (non-hydrogen) atoms. The Hall–Kier alpha value is -1.62. The highest BCUT2D eigenvalue weighted by atomic mass is 15.3. The van der Waals surface area contributed by atoms with Gasteiger partial charge in [0.25, 0.3) is 0 Å². The number of hydrogen-bond donors (Lipinski definition) is 1. The van der Waals surface area contributed by atoms with Crippen LogP contribution in [0.1, 0.15) is 35.3 Å². The molecule has 1 atom stereocenters. The second-order valence-electron chi connectivity index (χ2n) is 5.77. The zero-order valence-electron chi connectivity index (χ0n) is 14.1. The minimum absolute atomic E-state index is 0.395. The van der Waals surface area contributed by atoms with Crippen molar-refractivity contribution in [2.75, 3.05) is 7.05 Å². The maximum atomic E-state index is 4.54. The molecule has 0 bridgehead atoms. The van der Waals surface area contributed by atoms with E-state index < -0.39 is 0 Å². The molecule has 0 aliphatic rings. The topological polar surface area (TPSA) is 47.7 Å². The second-order valence-corrected chi connectivity index (χ2v) is 5.77. The molecule has 5 heteroatoms. The normalized spacial score (nSPS) is 12.9. The Bertz CT molecular complexity index is 608. The van der Waals surface area contributed by atoms with Crippen LogP contribution in [0.3, 0.4) is 0 Å². The number of hydrogen-bond acceptors (Lipinski definition) is 3. The van der Waals surface area contributed by atoms with Crippen molar-refractivity contribution < 1.29 is 0 Å². The van der Waals surface area contributed by atoms with Crippen LogP contribution in [0.4, 0.5) is 0 Å². The monoisotopic (exact) mass is 289 g/mol. The fourth-order valence-corrected chi connectivity index (χ4v) is 2.82. The van der Waals surface area contributed by atoms with Crippen LogP contribution in [0.25, 0.3) is 0 Å². The van der Waals surface area contributed by atoms with Crippen molar-refractivity contribution in [1.82, 2.24) is 24.9 Å². The molecule has 0 saturated heterocycles. The van der Waals surface area contributed by atoms with Crippen molar-refractivity contribution in [3.8, 4) is 0 Å². The molecule has 0 amide bonds. The minimum Gasteiger partial charge on any atom is -0.316 e. The van der Waals surface area contributed by atoms with E-state index in [1.54, 1.807) is 0 Å². The molecule has 1 N–H and O–H groups in total. The third-order valence-corrected chi connectivity index (χ3v) is 4.36. The highest BCUT2D eigenvalue weighted by molar-refractivity contribution is 5.26. The molecule has 1 unspecified atom stereocenters. The summed E-state index contributed by atoms with van der Waals surface area (Å²) in [6.07, 6.45) is 2.96. The van der Waals surface area contributed by atoms with Crippen molar-refractivity contribution in [1.29, 1.82) is 0 Å². The van der Waals surface area contributed by atoms with Crippen molar-refractivity contribution in [2.45, 2.75) is 46.1 Å². The first-order valence-electron chi connectivity index (χ1n) is 7.64. The van der Waals surface area contributed by atoms with Crippen LogP contribution < -0.4 is 5.32 Å². The summed E-state index contributed by atoms with van der Waals surface area (Å²) in [5, 5.41) is 12.5. The van der Waals surface area contributed by atoms with Gasteiger partial charge in [0.1, 0.15) is 0 Å². The van der Waals surface area contributed by atoms with E-state index >= 15 is 0 Å². The molecule has 5 nitrogen and oxygen atoms in total. The predicted octanol–water partition coefficient (Wildman–Crippen LogP) is 1.71. The summed E-state index contributed by atoms with van der Waals surface area (Å²) in [7, 11) is 6.07. The highest BCUT2D eigenvalue weighted by Crippen LogP contribution is 2.16. The zero-order chi connectivity index (χ0) is 15.6.